The Morgan fingerprint density at radius 3 is 2.50 bits per heavy atom. The third-order valence-corrected chi connectivity index (χ3v) is 3.14. The van der Waals surface area contributed by atoms with Crippen LogP contribution in [0, 0.1) is 11.2 Å². The topological polar surface area (TPSA) is 33.2 Å². The predicted molar refractivity (Wildman–Crippen MR) is 74.3 cm³/mol. The van der Waals surface area contributed by atoms with E-state index in [1.165, 1.54) is 11.0 Å². The molecule has 0 fully saturated rings. The molecule has 0 bridgehead atoms. The summed E-state index contributed by atoms with van der Waals surface area (Å²) in [6.07, 6.45) is 1.58. The molecular formula is C13H18BrFN2O. The van der Waals surface area contributed by atoms with Gasteiger partial charge in [0.25, 0.3) is 0 Å². The van der Waals surface area contributed by atoms with Gasteiger partial charge < -0.3 is 0 Å². The normalized spacial score (nSPS) is 11.4. The summed E-state index contributed by atoms with van der Waals surface area (Å²) in [6, 6.07) is 1.40. The molecule has 0 saturated carbocycles. The summed E-state index contributed by atoms with van der Waals surface area (Å²) < 4.78 is 13.9. The van der Waals surface area contributed by atoms with Crippen LogP contribution < -0.4 is 4.90 Å². The highest BCUT2D eigenvalue weighted by Gasteiger charge is 2.29. The van der Waals surface area contributed by atoms with Crippen molar-refractivity contribution in [3.63, 3.8) is 0 Å². The van der Waals surface area contributed by atoms with Crippen LogP contribution in [0.4, 0.5) is 10.2 Å². The summed E-state index contributed by atoms with van der Waals surface area (Å²) in [6.45, 7) is 7.63. The molecule has 1 aromatic rings. The van der Waals surface area contributed by atoms with E-state index in [4.69, 9.17) is 0 Å². The number of carbonyl (C=O) groups is 1. The van der Waals surface area contributed by atoms with Crippen LogP contribution in [0.25, 0.3) is 0 Å². The average molecular weight is 317 g/mol. The molecule has 0 atom stereocenters. The first kappa shape index (κ1) is 15.1. The van der Waals surface area contributed by atoms with Gasteiger partial charge in [0, 0.05) is 23.5 Å². The zero-order valence-corrected chi connectivity index (χ0v) is 12.7. The van der Waals surface area contributed by atoms with Crippen molar-refractivity contribution in [3.05, 3.63) is 23.6 Å². The van der Waals surface area contributed by atoms with E-state index in [0.717, 1.165) is 5.56 Å². The second-order valence-electron chi connectivity index (χ2n) is 5.08. The monoisotopic (exact) mass is 316 g/mol. The van der Waals surface area contributed by atoms with Gasteiger partial charge in [-0.05, 0) is 18.6 Å². The molecule has 1 heterocycles. The lowest BCUT2D eigenvalue weighted by Gasteiger charge is -2.28. The van der Waals surface area contributed by atoms with Gasteiger partial charge in [-0.25, -0.2) is 9.37 Å². The van der Waals surface area contributed by atoms with Gasteiger partial charge in [0.05, 0.1) is 0 Å². The van der Waals surface area contributed by atoms with E-state index in [1.54, 1.807) is 6.20 Å². The highest BCUT2D eigenvalue weighted by atomic mass is 79.9. The molecule has 0 radical (unpaired) electrons. The van der Waals surface area contributed by atoms with Crippen molar-refractivity contribution >= 4 is 27.7 Å². The van der Waals surface area contributed by atoms with E-state index >= 15 is 0 Å². The van der Waals surface area contributed by atoms with Gasteiger partial charge in [0.2, 0.25) is 5.91 Å². The zero-order chi connectivity index (χ0) is 13.9. The van der Waals surface area contributed by atoms with Crippen LogP contribution in [0.1, 0.15) is 33.3 Å². The second kappa shape index (κ2) is 5.78. The summed E-state index contributed by atoms with van der Waals surface area (Å²) in [4.78, 5) is 17.7. The molecule has 18 heavy (non-hydrogen) atoms. The van der Waals surface area contributed by atoms with Crippen molar-refractivity contribution in [1.82, 2.24) is 4.98 Å². The van der Waals surface area contributed by atoms with Crippen LogP contribution in [0.15, 0.2) is 12.3 Å². The van der Waals surface area contributed by atoms with Gasteiger partial charge in [0.15, 0.2) is 11.6 Å². The molecular weight excluding hydrogens is 299 g/mol. The van der Waals surface area contributed by atoms with Gasteiger partial charge >= 0.3 is 0 Å². The molecule has 0 aromatic carbocycles. The number of nitrogens with zero attached hydrogens (tertiary/aromatic N) is 2. The summed E-state index contributed by atoms with van der Waals surface area (Å²) in [5.41, 5.74) is 0.189. The molecule has 1 amide bonds. The van der Waals surface area contributed by atoms with E-state index in [0.29, 0.717) is 11.9 Å². The molecule has 1 aromatic heterocycles. The number of pyridine rings is 1. The first-order valence-electron chi connectivity index (χ1n) is 5.83. The maximum atomic E-state index is 13.9. The van der Waals surface area contributed by atoms with Gasteiger partial charge in [-0.1, -0.05) is 36.7 Å². The van der Waals surface area contributed by atoms with E-state index in [1.807, 2.05) is 27.7 Å². The zero-order valence-electron chi connectivity index (χ0n) is 11.1. The predicted octanol–water partition coefficient (Wildman–Crippen LogP) is 3.51. The number of amides is 1. The van der Waals surface area contributed by atoms with Crippen LogP contribution in [0.2, 0.25) is 0 Å². The largest absolute Gasteiger partial charge is 0.294 e. The van der Waals surface area contributed by atoms with Gasteiger partial charge in [-0.15, -0.1) is 0 Å². The second-order valence-corrected chi connectivity index (χ2v) is 5.64. The number of carbonyl (C=O) groups excluding carboxylic acids is 1. The van der Waals surface area contributed by atoms with Crippen LogP contribution in [0.3, 0.4) is 0 Å². The first-order valence-corrected chi connectivity index (χ1v) is 6.95. The smallest absolute Gasteiger partial charge is 0.233 e. The van der Waals surface area contributed by atoms with Crippen molar-refractivity contribution in [1.29, 1.82) is 0 Å². The highest BCUT2D eigenvalue weighted by molar-refractivity contribution is 9.08. The number of hydrogen-bond donors (Lipinski definition) is 0. The van der Waals surface area contributed by atoms with E-state index in [-0.39, 0.29) is 11.7 Å². The number of anilines is 1. The number of rotatable bonds is 3. The van der Waals surface area contributed by atoms with Gasteiger partial charge in [0.1, 0.15) is 0 Å². The number of halogens is 2. The maximum absolute atomic E-state index is 13.9. The Morgan fingerprint density at radius 2 is 2.11 bits per heavy atom. The third kappa shape index (κ3) is 3.28. The Labute approximate surface area is 116 Å². The van der Waals surface area contributed by atoms with Crippen molar-refractivity contribution in [3.8, 4) is 0 Å². The third-order valence-electron chi connectivity index (χ3n) is 2.49. The maximum Gasteiger partial charge on any atom is 0.233 e. The fourth-order valence-corrected chi connectivity index (χ4v) is 1.84. The van der Waals surface area contributed by atoms with Crippen molar-refractivity contribution in [2.24, 2.45) is 5.41 Å². The SMILES string of the molecule is CCN(C(=O)C(C)(C)C)c1ncc(CBr)cc1F. The van der Waals surface area contributed by atoms with Crippen molar-refractivity contribution in [2.75, 3.05) is 11.4 Å². The van der Waals surface area contributed by atoms with Gasteiger partial charge in [-0.2, -0.15) is 0 Å². The molecule has 0 aliphatic rings. The van der Waals surface area contributed by atoms with Crippen LogP contribution in [-0.4, -0.2) is 17.4 Å². The van der Waals surface area contributed by atoms with Crippen molar-refractivity contribution in [2.45, 2.75) is 33.0 Å². The molecule has 0 aliphatic heterocycles. The quantitative estimate of drug-likeness (QED) is 0.799. The Hall–Kier alpha value is -0.970. The lowest BCUT2D eigenvalue weighted by Crippen LogP contribution is -2.40. The lowest BCUT2D eigenvalue weighted by atomic mass is 9.94. The summed E-state index contributed by atoms with van der Waals surface area (Å²) in [7, 11) is 0. The number of alkyl halides is 1. The van der Waals surface area contributed by atoms with Crippen LogP contribution >= 0.6 is 15.9 Å². The fourth-order valence-electron chi connectivity index (χ4n) is 1.54. The standard InChI is InChI=1S/C13H18BrFN2O/c1-5-17(12(18)13(2,3)4)11-10(15)6-9(7-14)8-16-11/h6,8H,5,7H2,1-4H3. The Bertz CT molecular complexity index is 443. The Morgan fingerprint density at radius 1 is 1.50 bits per heavy atom. The molecule has 100 valence electrons. The molecule has 0 unspecified atom stereocenters. The summed E-state index contributed by atoms with van der Waals surface area (Å²) in [5, 5.41) is 0.538. The van der Waals surface area contributed by atoms with Crippen LogP contribution in [-0.2, 0) is 10.1 Å². The van der Waals surface area contributed by atoms with E-state index in [2.05, 4.69) is 20.9 Å². The molecule has 1 rings (SSSR count). The Balaban J connectivity index is 3.14. The first-order chi connectivity index (χ1) is 8.31. The lowest BCUT2D eigenvalue weighted by molar-refractivity contribution is -0.125. The van der Waals surface area contributed by atoms with Crippen molar-refractivity contribution < 1.29 is 9.18 Å². The molecule has 0 spiro atoms. The molecule has 0 N–H and O–H groups in total. The minimum absolute atomic E-state index is 0.0992. The Kier molecular flexibility index (Phi) is 4.85. The number of hydrogen-bond acceptors (Lipinski definition) is 2. The molecule has 0 aliphatic carbocycles. The van der Waals surface area contributed by atoms with E-state index in [9.17, 15) is 9.18 Å². The molecule has 3 nitrogen and oxygen atoms in total. The summed E-state index contributed by atoms with van der Waals surface area (Å²) >= 11 is 3.24. The minimum Gasteiger partial charge on any atom is -0.294 e. The van der Waals surface area contributed by atoms with Gasteiger partial charge in [-0.3, -0.25) is 9.69 Å². The summed E-state index contributed by atoms with van der Waals surface area (Å²) in [5.74, 6) is -0.503. The molecule has 0 saturated heterocycles. The minimum atomic E-state index is -0.557. The van der Waals surface area contributed by atoms with Crippen LogP contribution in [0.5, 0.6) is 0 Å². The molecule has 5 heteroatoms. The fraction of sp³-hybridized carbons (Fsp3) is 0.538. The van der Waals surface area contributed by atoms with E-state index < -0.39 is 11.2 Å². The highest BCUT2D eigenvalue weighted by Crippen LogP contribution is 2.24. The average Bonchev–Trinajstić information content (AvgIpc) is 2.30. The number of aromatic nitrogens is 1.